The Hall–Kier alpha value is -2.82. The number of carbonyl (C=O) groups is 2. The molecule has 2 aromatic rings. The summed E-state index contributed by atoms with van der Waals surface area (Å²) in [5.74, 6) is -0.442. The Morgan fingerprint density at radius 2 is 1.62 bits per heavy atom. The van der Waals surface area contributed by atoms with Crippen molar-refractivity contribution >= 4 is 11.9 Å². The van der Waals surface area contributed by atoms with Gasteiger partial charge in [0.2, 0.25) is 5.91 Å². The number of rotatable bonds is 8. The van der Waals surface area contributed by atoms with Gasteiger partial charge in [-0.05, 0) is 29.7 Å². The number of carboxylic acids is 1. The Labute approximate surface area is 154 Å². The van der Waals surface area contributed by atoms with Crippen LogP contribution in [0.1, 0.15) is 25.0 Å². The van der Waals surface area contributed by atoms with Gasteiger partial charge in [-0.1, -0.05) is 56.3 Å². The minimum Gasteiger partial charge on any atom is -0.482 e. The molecule has 0 fully saturated rings. The quantitative estimate of drug-likeness (QED) is 0.788. The Morgan fingerprint density at radius 3 is 2.19 bits per heavy atom. The van der Waals surface area contributed by atoms with Gasteiger partial charge in [-0.15, -0.1) is 0 Å². The first-order chi connectivity index (χ1) is 12.3. The van der Waals surface area contributed by atoms with E-state index in [0.717, 1.165) is 11.1 Å². The van der Waals surface area contributed by atoms with Gasteiger partial charge in [0.1, 0.15) is 5.75 Å². The van der Waals surface area contributed by atoms with Crippen LogP contribution in [0.15, 0.2) is 54.6 Å². The van der Waals surface area contributed by atoms with Crippen LogP contribution in [0, 0.1) is 5.41 Å². The number of hydrogen-bond acceptors (Lipinski definition) is 3. The summed E-state index contributed by atoms with van der Waals surface area (Å²) in [4.78, 5) is 25.1. The van der Waals surface area contributed by atoms with Crippen molar-refractivity contribution in [3.8, 4) is 5.75 Å². The molecule has 0 aliphatic heterocycles. The fraction of sp³-hybridized carbons (Fsp3) is 0.333. The molecule has 2 aromatic carbocycles. The third kappa shape index (κ3) is 5.62. The SMILES string of the molecule is CN(Cc1ccc(OCC(=O)O)cc1)C(=O)C(C)(C)Cc1ccccc1. The molecule has 0 saturated heterocycles. The van der Waals surface area contributed by atoms with E-state index >= 15 is 0 Å². The second kappa shape index (κ2) is 8.52. The van der Waals surface area contributed by atoms with Crippen LogP contribution in [-0.4, -0.2) is 35.5 Å². The van der Waals surface area contributed by atoms with E-state index in [1.807, 2.05) is 56.3 Å². The minimum atomic E-state index is -1.01. The molecule has 26 heavy (non-hydrogen) atoms. The number of benzene rings is 2. The van der Waals surface area contributed by atoms with Crippen LogP contribution < -0.4 is 4.74 Å². The molecule has 2 rings (SSSR count). The van der Waals surface area contributed by atoms with Crippen molar-refractivity contribution in [2.75, 3.05) is 13.7 Å². The molecule has 0 unspecified atom stereocenters. The van der Waals surface area contributed by atoms with Gasteiger partial charge in [0.15, 0.2) is 6.61 Å². The van der Waals surface area contributed by atoms with Crippen LogP contribution in [0.4, 0.5) is 0 Å². The lowest BCUT2D eigenvalue weighted by molar-refractivity contribution is -0.140. The lowest BCUT2D eigenvalue weighted by atomic mass is 9.84. The summed E-state index contributed by atoms with van der Waals surface area (Å²) in [5, 5.41) is 8.62. The van der Waals surface area contributed by atoms with Crippen molar-refractivity contribution in [2.45, 2.75) is 26.8 Å². The molecule has 1 amide bonds. The highest BCUT2D eigenvalue weighted by atomic mass is 16.5. The summed E-state index contributed by atoms with van der Waals surface area (Å²) in [6, 6.07) is 17.1. The van der Waals surface area contributed by atoms with Crippen LogP contribution in [0.3, 0.4) is 0 Å². The van der Waals surface area contributed by atoms with Crippen LogP contribution in [0.5, 0.6) is 5.75 Å². The largest absolute Gasteiger partial charge is 0.482 e. The summed E-state index contributed by atoms with van der Waals surface area (Å²) < 4.78 is 5.12. The summed E-state index contributed by atoms with van der Waals surface area (Å²) in [6.45, 7) is 4.03. The summed E-state index contributed by atoms with van der Waals surface area (Å²) in [6.07, 6.45) is 0.680. The first kappa shape index (κ1) is 19.5. The lowest BCUT2D eigenvalue weighted by Crippen LogP contribution is -2.39. The summed E-state index contributed by atoms with van der Waals surface area (Å²) in [5.41, 5.74) is 1.60. The molecular formula is C21H25NO4. The van der Waals surface area contributed by atoms with E-state index in [9.17, 15) is 9.59 Å². The Balaban J connectivity index is 1.96. The van der Waals surface area contributed by atoms with Crippen LogP contribution in [0.25, 0.3) is 0 Å². The van der Waals surface area contributed by atoms with E-state index in [1.54, 1.807) is 24.1 Å². The maximum Gasteiger partial charge on any atom is 0.341 e. The van der Waals surface area contributed by atoms with E-state index in [1.165, 1.54) is 0 Å². The van der Waals surface area contributed by atoms with E-state index in [2.05, 4.69) is 0 Å². The van der Waals surface area contributed by atoms with Crippen LogP contribution in [-0.2, 0) is 22.6 Å². The van der Waals surface area contributed by atoms with Gasteiger partial charge < -0.3 is 14.7 Å². The van der Waals surface area contributed by atoms with Crippen molar-refractivity contribution in [3.63, 3.8) is 0 Å². The zero-order chi connectivity index (χ0) is 19.2. The summed E-state index contributed by atoms with van der Waals surface area (Å²) >= 11 is 0. The second-order valence-electron chi connectivity index (χ2n) is 7.03. The van der Waals surface area contributed by atoms with E-state index in [4.69, 9.17) is 9.84 Å². The zero-order valence-electron chi connectivity index (χ0n) is 15.4. The third-order valence-electron chi connectivity index (χ3n) is 4.12. The molecule has 0 saturated carbocycles. The van der Waals surface area contributed by atoms with Gasteiger partial charge in [-0.2, -0.15) is 0 Å². The second-order valence-corrected chi connectivity index (χ2v) is 7.03. The van der Waals surface area contributed by atoms with Crippen molar-refractivity contribution in [1.82, 2.24) is 4.90 Å². The number of hydrogen-bond donors (Lipinski definition) is 1. The van der Waals surface area contributed by atoms with Gasteiger partial charge in [0, 0.05) is 19.0 Å². The molecule has 0 atom stereocenters. The smallest absolute Gasteiger partial charge is 0.341 e. The fourth-order valence-corrected chi connectivity index (χ4v) is 2.88. The number of amides is 1. The predicted octanol–water partition coefficient (Wildman–Crippen LogP) is 3.38. The Morgan fingerprint density at radius 1 is 1.00 bits per heavy atom. The first-order valence-electron chi connectivity index (χ1n) is 8.51. The average molecular weight is 355 g/mol. The summed E-state index contributed by atoms with van der Waals surface area (Å²) in [7, 11) is 1.80. The fourth-order valence-electron chi connectivity index (χ4n) is 2.88. The highest BCUT2D eigenvalue weighted by molar-refractivity contribution is 5.82. The number of aliphatic carboxylic acids is 1. The number of nitrogens with zero attached hydrogens (tertiary/aromatic N) is 1. The highest BCUT2D eigenvalue weighted by Crippen LogP contribution is 2.25. The van der Waals surface area contributed by atoms with Gasteiger partial charge in [-0.25, -0.2) is 4.79 Å². The molecule has 0 bridgehead atoms. The molecule has 138 valence electrons. The molecule has 1 N–H and O–H groups in total. The van der Waals surface area contributed by atoms with Gasteiger partial charge in [0.05, 0.1) is 0 Å². The van der Waals surface area contributed by atoms with Gasteiger partial charge in [0.25, 0.3) is 0 Å². The van der Waals surface area contributed by atoms with E-state index in [0.29, 0.717) is 18.7 Å². The maximum absolute atomic E-state index is 12.9. The van der Waals surface area contributed by atoms with E-state index < -0.39 is 11.4 Å². The molecule has 0 spiro atoms. The molecule has 0 radical (unpaired) electrons. The molecule has 0 aliphatic carbocycles. The van der Waals surface area contributed by atoms with Crippen LogP contribution >= 0.6 is 0 Å². The van der Waals surface area contributed by atoms with Crippen molar-refractivity contribution in [1.29, 1.82) is 0 Å². The zero-order valence-corrected chi connectivity index (χ0v) is 15.4. The molecule has 5 nitrogen and oxygen atoms in total. The molecule has 5 heteroatoms. The highest BCUT2D eigenvalue weighted by Gasteiger charge is 2.30. The standard InChI is InChI=1S/C21H25NO4/c1-21(2,13-16-7-5-4-6-8-16)20(25)22(3)14-17-9-11-18(12-10-17)26-15-19(23)24/h4-12H,13-15H2,1-3H3,(H,23,24). The van der Waals surface area contributed by atoms with E-state index in [-0.39, 0.29) is 12.5 Å². The molecule has 0 aromatic heterocycles. The van der Waals surface area contributed by atoms with Gasteiger partial charge in [-0.3, -0.25) is 4.79 Å². The third-order valence-corrected chi connectivity index (χ3v) is 4.12. The average Bonchev–Trinajstić information content (AvgIpc) is 2.60. The first-order valence-corrected chi connectivity index (χ1v) is 8.51. The normalized spacial score (nSPS) is 11.0. The van der Waals surface area contributed by atoms with Crippen molar-refractivity contribution < 1.29 is 19.4 Å². The van der Waals surface area contributed by atoms with Crippen LogP contribution in [0.2, 0.25) is 0 Å². The lowest BCUT2D eigenvalue weighted by Gasteiger charge is -2.29. The predicted molar refractivity (Wildman–Crippen MR) is 100.0 cm³/mol. The molecule has 0 aliphatic rings. The Bertz CT molecular complexity index is 738. The molecule has 0 heterocycles. The van der Waals surface area contributed by atoms with Crippen molar-refractivity contribution in [3.05, 3.63) is 65.7 Å². The number of carbonyl (C=O) groups excluding carboxylic acids is 1. The topological polar surface area (TPSA) is 66.8 Å². The molecular weight excluding hydrogens is 330 g/mol. The minimum absolute atomic E-state index is 0.0764. The van der Waals surface area contributed by atoms with Gasteiger partial charge >= 0.3 is 5.97 Å². The Kier molecular flexibility index (Phi) is 6.39. The van der Waals surface area contributed by atoms with Crippen molar-refractivity contribution in [2.24, 2.45) is 5.41 Å². The maximum atomic E-state index is 12.9. The monoisotopic (exact) mass is 355 g/mol. The number of ether oxygens (including phenoxy) is 1. The number of carboxylic acid groups (broad SMARTS) is 1.